The van der Waals surface area contributed by atoms with Crippen LogP contribution in [0.3, 0.4) is 0 Å². The van der Waals surface area contributed by atoms with E-state index < -0.39 is 0 Å². The third-order valence-corrected chi connectivity index (χ3v) is 3.61. The molecule has 0 radical (unpaired) electrons. The summed E-state index contributed by atoms with van der Waals surface area (Å²) in [5, 5.41) is 0.750. The Kier molecular flexibility index (Phi) is 4.06. The van der Waals surface area contributed by atoms with Crippen LogP contribution in [0, 0.1) is 0 Å². The number of halogens is 1. The van der Waals surface area contributed by atoms with Crippen molar-refractivity contribution in [1.82, 2.24) is 0 Å². The Hall–Kier alpha value is -1.02. The minimum Gasteiger partial charge on any atom is -0.370 e. The second-order valence-electron chi connectivity index (χ2n) is 4.49. The van der Waals surface area contributed by atoms with Crippen molar-refractivity contribution in [3.63, 3.8) is 0 Å². The number of Topliss-reactive ketones (excluding diaryl/α,β-unsaturated/α-hetero) is 1. The Morgan fingerprint density at radius 2 is 2.00 bits per heavy atom. The fourth-order valence-electron chi connectivity index (χ4n) is 2.27. The number of nitrogens with zero attached hydrogens (tertiary/aromatic N) is 1. The standard InChI is InChI=1S/C14H18ClNO/c1-2-14(17)11-6-7-12(15)13(10-11)16-8-4-3-5-9-16/h6-7,10H,2-5,8-9H2,1H3. The van der Waals surface area contributed by atoms with Crippen LogP contribution in [-0.2, 0) is 0 Å². The van der Waals surface area contributed by atoms with Crippen LogP contribution in [-0.4, -0.2) is 18.9 Å². The molecule has 2 rings (SSSR count). The number of rotatable bonds is 3. The van der Waals surface area contributed by atoms with Gasteiger partial charge in [0.05, 0.1) is 10.7 Å². The molecule has 0 aliphatic carbocycles. The van der Waals surface area contributed by atoms with Gasteiger partial charge >= 0.3 is 0 Å². The van der Waals surface area contributed by atoms with E-state index in [1.807, 2.05) is 25.1 Å². The highest BCUT2D eigenvalue weighted by Crippen LogP contribution is 2.29. The lowest BCUT2D eigenvalue weighted by molar-refractivity contribution is 0.0988. The molecule has 17 heavy (non-hydrogen) atoms. The summed E-state index contributed by atoms with van der Waals surface area (Å²) in [6, 6.07) is 5.61. The summed E-state index contributed by atoms with van der Waals surface area (Å²) in [5.41, 5.74) is 1.79. The summed E-state index contributed by atoms with van der Waals surface area (Å²) in [6.45, 7) is 3.98. The Morgan fingerprint density at radius 1 is 1.29 bits per heavy atom. The summed E-state index contributed by atoms with van der Waals surface area (Å²) in [5.74, 6) is 0.180. The van der Waals surface area contributed by atoms with Crippen LogP contribution in [0.2, 0.25) is 5.02 Å². The zero-order chi connectivity index (χ0) is 12.3. The summed E-state index contributed by atoms with van der Waals surface area (Å²) in [6.07, 6.45) is 4.26. The zero-order valence-electron chi connectivity index (χ0n) is 10.2. The van der Waals surface area contributed by atoms with E-state index in [-0.39, 0.29) is 5.78 Å². The molecular weight excluding hydrogens is 234 g/mol. The first kappa shape index (κ1) is 12.4. The Labute approximate surface area is 108 Å². The van der Waals surface area contributed by atoms with E-state index in [1.54, 1.807) is 0 Å². The Balaban J connectivity index is 2.28. The average Bonchev–Trinajstić information content (AvgIpc) is 2.39. The highest BCUT2D eigenvalue weighted by Gasteiger charge is 2.15. The second-order valence-corrected chi connectivity index (χ2v) is 4.90. The van der Waals surface area contributed by atoms with Crippen LogP contribution in [0.5, 0.6) is 0 Å². The monoisotopic (exact) mass is 251 g/mol. The molecule has 0 aromatic heterocycles. The highest BCUT2D eigenvalue weighted by atomic mass is 35.5. The molecule has 0 unspecified atom stereocenters. The smallest absolute Gasteiger partial charge is 0.162 e. The van der Waals surface area contributed by atoms with E-state index >= 15 is 0 Å². The molecule has 1 aromatic rings. The first-order valence-corrected chi connectivity index (χ1v) is 6.68. The van der Waals surface area contributed by atoms with Crippen LogP contribution in [0.1, 0.15) is 43.0 Å². The van der Waals surface area contributed by atoms with Gasteiger partial charge in [-0.2, -0.15) is 0 Å². The number of carbonyl (C=O) groups is 1. The lowest BCUT2D eigenvalue weighted by atomic mass is 10.1. The van der Waals surface area contributed by atoms with Gasteiger partial charge in [0.2, 0.25) is 0 Å². The van der Waals surface area contributed by atoms with Crippen LogP contribution < -0.4 is 4.90 Å². The number of piperidine rings is 1. The second kappa shape index (κ2) is 5.54. The molecule has 1 aliphatic rings. The zero-order valence-corrected chi connectivity index (χ0v) is 11.0. The van der Waals surface area contributed by atoms with Crippen molar-refractivity contribution in [3.05, 3.63) is 28.8 Å². The van der Waals surface area contributed by atoms with Gasteiger partial charge in [-0.3, -0.25) is 4.79 Å². The van der Waals surface area contributed by atoms with Crippen molar-refractivity contribution >= 4 is 23.1 Å². The molecule has 1 heterocycles. The molecule has 0 amide bonds. The molecule has 1 saturated heterocycles. The van der Waals surface area contributed by atoms with Gasteiger partial charge in [0.25, 0.3) is 0 Å². The molecule has 0 atom stereocenters. The molecule has 1 aliphatic heterocycles. The van der Waals surface area contributed by atoms with Crippen molar-refractivity contribution in [1.29, 1.82) is 0 Å². The molecular formula is C14H18ClNO. The third kappa shape index (κ3) is 2.81. The molecule has 0 spiro atoms. The third-order valence-electron chi connectivity index (χ3n) is 3.29. The van der Waals surface area contributed by atoms with Crippen molar-refractivity contribution in [2.24, 2.45) is 0 Å². The van der Waals surface area contributed by atoms with E-state index in [0.717, 1.165) is 29.4 Å². The Bertz CT molecular complexity index is 411. The van der Waals surface area contributed by atoms with Gasteiger partial charge in [0.15, 0.2) is 5.78 Å². The highest BCUT2D eigenvalue weighted by molar-refractivity contribution is 6.33. The lowest BCUT2D eigenvalue weighted by Crippen LogP contribution is -2.29. The fraction of sp³-hybridized carbons (Fsp3) is 0.500. The number of ketones is 1. The number of benzene rings is 1. The van der Waals surface area contributed by atoms with Crippen LogP contribution in [0.15, 0.2) is 18.2 Å². The van der Waals surface area contributed by atoms with Crippen LogP contribution in [0.4, 0.5) is 5.69 Å². The number of hydrogen-bond acceptors (Lipinski definition) is 2. The molecule has 0 saturated carbocycles. The van der Waals surface area contributed by atoms with Gasteiger partial charge in [0, 0.05) is 25.1 Å². The van der Waals surface area contributed by atoms with E-state index in [2.05, 4.69) is 4.90 Å². The minimum atomic E-state index is 0.180. The van der Waals surface area contributed by atoms with E-state index in [9.17, 15) is 4.79 Å². The van der Waals surface area contributed by atoms with Gasteiger partial charge < -0.3 is 4.90 Å². The normalized spacial score (nSPS) is 16.0. The van der Waals surface area contributed by atoms with Crippen molar-refractivity contribution < 1.29 is 4.79 Å². The summed E-state index contributed by atoms with van der Waals surface area (Å²) < 4.78 is 0. The topological polar surface area (TPSA) is 20.3 Å². The summed E-state index contributed by atoms with van der Waals surface area (Å²) >= 11 is 6.22. The van der Waals surface area contributed by atoms with E-state index in [4.69, 9.17) is 11.6 Å². The quantitative estimate of drug-likeness (QED) is 0.759. The number of hydrogen-bond donors (Lipinski definition) is 0. The molecule has 2 nitrogen and oxygen atoms in total. The van der Waals surface area contributed by atoms with E-state index in [0.29, 0.717) is 6.42 Å². The Morgan fingerprint density at radius 3 is 2.65 bits per heavy atom. The maximum atomic E-state index is 11.7. The predicted molar refractivity (Wildman–Crippen MR) is 72.1 cm³/mol. The predicted octanol–water partition coefficient (Wildman–Crippen LogP) is 3.92. The van der Waals surface area contributed by atoms with E-state index in [1.165, 1.54) is 19.3 Å². The van der Waals surface area contributed by atoms with Crippen molar-refractivity contribution in [3.8, 4) is 0 Å². The van der Waals surface area contributed by atoms with Crippen molar-refractivity contribution in [2.45, 2.75) is 32.6 Å². The van der Waals surface area contributed by atoms with Gasteiger partial charge in [-0.15, -0.1) is 0 Å². The first-order valence-electron chi connectivity index (χ1n) is 6.30. The average molecular weight is 252 g/mol. The van der Waals surface area contributed by atoms with Gasteiger partial charge in [-0.25, -0.2) is 0 Å². The molecule has 1 fully saturated rings. The van der Waals surface area contributed by atoms with Gasteiger partial charge in [0.1, 0.15) is 0 Å². The first-order chi connectivity index (χ1) is 8.22. The molecule has 1 aromatic carbocycles. The molecule has 3 heteroatoms. The maximum Gasteiger partial charge on any atom is 0.162 e. The van der Waals surface area contributed by atoms with Crippen LogP contribution in [0.25, 0.3) is 0 Å². The van der Waals surface area contributed by atoms with Gasteiger partial charge in [-0.05, 0) is 37.5 Å². The van der Waals surface area contributed by atoms with Crippen molar-refractivity contribution in [2.75, 3.05) is 18.0 Å². The summed E-state index contributed by atoms with van der Waals surface area (Å²) in [4.78, 5) is 14.0. The number of anilines is 1. The van der Waals surface area contributed by atoms with Gasteiger partial charge in [-0.1, -0.05) is 18.5 Å². The maximum absolute atomic E-state index is 11.7. The molecule has 0 N–H and O–H groups in total. The summed E-state index contributed by atoms with van der Waals surface area (Å²) in [7, 11) is 0. The lowest BCUT2D eigenvalue weighted by Gasteiger charge is -2.29. The minimum absolute atomic E-state index is 0.180. The largest absolute Gasteiger partial charge is 0.370 e. The number of carbonyl (C=O) groups excluding carboxylic acids is 1. The molecule has 92 valence electrons. The fourth-order valence-corrected chi connectivity index (χ4v) is 2.50. The van der Waals surface area contributed by atoms with Crippen LogP contribution >= 0.6 is 11.6 Å². The molecule has 0 bridgehead atoms. The SMILES string of the molecule is CCC(=O)c1ccc(Cl)c(N2CCCCC2)c1.